The number of aryl methyl sites for hydroxylation is 1. The molecule has 3 atom stereocenters. The van der Waals surface area contributed by atoms with Crippen molar-refractivity contribution in [1.82, 2.24) is 20.3 Å². The highest BCUT2D eigenvalue weighted by atomic mass is 35.5. The number of nitrogens with zero attached hydrogens (tertiary/aromatic N) is 3. The van der Waals surface area contributed by atoms with E-state index in [4.69, 9.17) is 4.74 Å². The minimum absolute atomic E-state index is 0. The Morgan fingerprint density at radius 3 is 2.62 bits per heavy atom. The molecule has 0 amide bonds. The zero-order valence-electron chi connectivity index (χ0n) is 22.9. The van der Waals surface area contributed by atoms with Crippen LogP contribution in [0, 0.1) is 6.92 Å². The van der Waals surface area contributed by atoms with Crippen molar-refractivity contribution in [2.24, 2.45) is 0 Å². The number of nitrogens with one attached hydrogen (secondary N) is 3. The van der Waals surface area contributed by atoms with Crippen LogP contribution < -0.4 is 20.7 Å². The number of piperidine rings is 1. The maximum Gasteiger partial charge on any atom is 0.416 e. The molecule has 3 N–H and O–H groups in total. The zero-order valence-corrected chi connectivity index (χ0v) is 23.7. The fourth-order valence-electron chi connectivity index (χ4n) is 4.79. The first-order valence-corrected chi connectivity index (χ1v) is 13.2. The highest BCUT2D eigenvalue weighted by Gasteiger charge is 2.39. The monoisotopic (exact) mass is 606 g/mol. The van der Waals surface area contributed by atoms with Gasteiger partial charge in [-0.1, -0.05) is 24.3 Å². The largest absolute Gasteiger partial charge is 0.437 e. The average Bonchev–Trinajstić information content (AvgIpc) is 2.94. The second-order valence-corrected chi connectivity index (χ2v) is 9.82. The van der Waals surface area contributed by atoms with Gasteiger partial charge in [0.15, 0.2) is 6.10 Å². The molecule has 5 rings (SSSR count). The van der Waals surface area contributed by atoms with Crippen molar-refractivity contribution in [1.29, 1.82) is 0 Å². The van der Waals surface area contributed by atoms with E-state index in [1.165, 1.54) is 0 Å². The van der Waals surface area contributed by atoms with E-state index in [0.29, 0.717) is 64.8 Å². The van der Waals surface area contributed by atoms with Gasteiger partial charge in [0, 0.05) is 61.5 Å². The highest BCUT2D eigenvalue weighted by Crippen LogP contribution is 2.38. The van der Waals surface area contributed by atoms with Crippen molar-refractivity contribution >= 4 is 34.8 Å². The summed E-state index contributed by atoms with van der Waals surface area (Å²) in [6.45, 7) is 2.38. The fraction of sp³-hybridized carbons (Fsp3) is 0.345. The predicted molar refractivity (Wildman–Crippen MR) is 156 cm³/mol. The van der Waals surface area contributed by atoms with Crippen LogP contribution in [0.3, 0.4) is 0 Å². The van der Waals surface area contributed by atoms with E-state index in [9.17, 15) is 17.6 Å². The van der Waals surface area contributed by atoms with Gasteiger partial charge in [-0.25, -0.2) is 19.3 Å². The zero-order chi connectivity index (χ0) is 29.0. The molecule has 1 aliphatic heterocycles. The normalized spacial score (nSPS) is 17.8. The molecule has 8 nitrogen and oxygen atoms in total. The molecular formula is C29H31ClF4N6O2. The lowest BCUT2D eigenvalue weighted by Crippen LogP contribution is -2.44. The molecule has 4 aromatic rings. The minimum Gasteiger partial charge on any atom is -0.437 e. The summed E-state index contributed by atoms with van der Waals surface area (Å²) in [5.74, 6) is 1.18. The van der Waals surface area contributed by atoms with E-state index < -0.39 is 25.0 Å². The second-order valence-electron chi connectivity index (χ2n) is 9.82. The second kappa shape index (κ2) is 13.5. The highest BCUT2D eigenvalue weighted by molar-refractivity contribution is 5.98. The number of alkyl halides is 4. The van der Waals surface area contributed by atoms with Crippen LogP contribution in [-0.2, 0) is 4.74 Å². The molecule has 1 aliphatic rings. The van der Waals surface area contributed by atoms with Gasteiger partial charge in [0.1, 0.15) is 11.9 Å². The van der Waals surface area contributed by atoms with Gasteiger partial charge in [-0.3, -0.25) is 0 Å². The van der Waals surface area contributed by atoms with Gasteiger partial charge >= 0.3 is 6.18 Å². The summed E-state index contributed by atoms with van der Waals surface area (Å²) in [5, 5.41) is 10.5. The molecule has 2 aromatic carbocycles. The van der Waals surface area contributed by atoms with Crippen molar-refractivity contribution < 1.29 is 27.0 Å². The Morgan fingerprint density at radius 1 is 1.02 bits per heavy atom. The van der Waals surface area contributed by atoms with E-state index in [-0.39, 0.29) is 18.4 Å². The molecule has 3 heterocycles. The average molecular weight is 607 g/mol. The number of hydrogen-bond donors (Lipinski definition) is 3. The Morgan fingerprint density at radius 2 is 1.86 bits per heavy atom. The summed E-state index contributed by atoms with van der Waals surface area (Å²) < 4.78 is 64.5. The Labute approximate surface area is 246 Å². The first-order valence-electron chi connectivity index (χ1n) is 13.2. The first kappa shape index (κ1) is 31.2. The number of pyridine rings is 1. The van der Waals surface area contributed by atoms with Gasteiger partial charge in [-0.2, -0.15) is 13.2 Å². The molecule has 13 heteroatoms. The van der Waals surface area contributed by atoms with Crippen LogP contribution >= 0.6 is 12.4 Å². The number of fused-ring (bicyclic) bond motifs is 1. The molecule has 0 aliphatic carbocycles. The van der Waals surface area contributed by atoms with Crippen molar-refractivity contribution in [3.8, 4) is 22.9 Å². The van der Waals surface area contributed by atoms with Gasteiger partial charge in [0.25, 0.3) is 0 Å². The van der Waals surface area contributed by atoms with E-state index in [1.807, 2.05) is 31.2 Å². The lowest BCUT2D eigenvalue weighted by atomic mass is 10.0. The van der Waals surface area contributed by atoms with Gasteiger partial charge in [0.05, 0.1) is 17.8 Å². The van der Waals surface area contributed by atoms with Gasteiger partial charge in [-0.15, -0.1) is 12.4 Å². The number of benzene rings is 2. The molecule has 0 radical (unpaired) electrons. The smallest absolute Gasteiger partial charge is 0.416 e. The molecule has 0 spiro atoms. The number of rotatable bonds is 9. The number of ether oxygens (including phenoxy) is 2. The third-order valence-electron chi connectivity index (χ3n) is 6.87. The summed E-state index contributed by atoms with van der Waals surface area (Å²) in [5.41, 5.74) is 2.50. The summed E-state index contributed by atoms with van der Waals surface area (Å²) in [6, 6.07) is 14.1. The number of aromatic nitrogens is 3. The van der Waals surface area contributed by atoms with Crippen LogP contribution in [0.2, 0.25) is 0 Å². The van der Waals surface area contributed by atoms with E-state index in [2.05, 4.69) is 35.6 Å². The Balaban J connectivity index is 0.00000405. The maximum absolute atomic E-state index is 13.8. The summed E-state index contributed by atoms with van der Waals surface area (Å²) in [4.78, 5) is 13.4. The number of halogens is 5. The third-order valence-corrected chi connectivity index (χ3v) is 6.87. The van der Waals surface area contributed by atoms with Crippen molar-refractivity contribution in [3.05, 3.63) is 66.5 Å². The summed E-state index contributed by atoms with van der Waals surface area (Å²) in [6.07, 6.45) is -3.81. The SMILES string of the molecule is COC(CNc1cccc2c(Oc3ncccc3-c3ccnc(N[C@H]4CNC[C@H](F)C4)n3)c(C)ccc12)C(F)(F)F.Cl. The molecule has 0 saturated carbocycles. The summed E-state index contributed by atoms with van der Waals surface area (Å²) in [7, 11) is 1.03. The fourth-order valence-corrected chi connectivity index (χ4v) is 4.79. The lowest BCUT2D eigenvalue weighted by molar-refractivity contribution is -0.207. The third kappa shape index (κ3) is 7.18. The van der Waals surface area contributed by atoms with Gasteiger partial charge in [-0.05, 0) is 36.8 Å². The quantitative estimate of drug-likeness (QED) is 0.191. The van der Waals surface area contributed by atoms with Crippen molar-refractivity contribution in [2.75, 3.05) is 37.4 Å². The molecule has 2 aromatic heterocycles. The molecule has 1 unspecified atom stereocenters. The van der Waals surface area contributed by atoms with Crippen molar-refractivity contribution in [2.45, 2.75) is 37.8 Å². The molecule has 42 heavy (non-hydrogen) atoms. The van der Waals surface area contributed by atoms with Gasteiger partial charge < -0.3 is 25.4 Å². The number of hydrogen-bond acceptors (Lipinski definition) is 8. The van der Waals surface area contributed by atoms with Crippen LogP contribution in [0.15, 0.2) is 60.9 Å². The Hall–Kier alpha value is -3.74. The Kier molecular flexibility index (Phi) is 10.0. The van der Waals surface area contributed by atoms with Crippen LogP contribution in [0.5, 0.6) is 11.6 Å². The number of methoxy groups -OCH3 is 1. The van der Waals surface area contributed by atoms with E-state index in [0.717, 1.165) is 12.7 Å². The molecule has 224 valence electrons. The van der Waals surface area contributed by atoms with Gasteiger partial charge in [0.2, 0.25) is 11.8 Å². The Bertz CT molecular complexity index is 1510. The van der Waals surface area contributed by atoms with E-state index >= 15 is 0 Å². The van der Waals surface area contributed by atoms with E-state index in [1.54, 1.807) is 36.7 Å². The molecular weight excluding hydrogens is 576 g/mol. The van der Waals surface area contributed by atoms with Crippen LogP contribution in [0.1, 0.15) is 12.0 Å². The molecule has 1 fully saturated rings. The molecule has 0 bridgehead atoms. The van der Waals surface area contributed by atoms with Crippen LogP contribution in [0.25, 0.3) is 22.0 Å². The first-order chi connectivity index (χ1) is 19.7. The standard InChI is InChI=1S/C29H30F4N6O2.ClH/c1-17-8-9-20-21(5-3-7-23(20)37-16-25(40-2)29(31,32)33)26(17)41-27-22(6-4-11-35-27)24-10-12-36-28(39-24)38-19-13-18(30)14-34-15-19;/h3-12,18-19,25,34,37H,13-16H2,1-2H3,(H,36,38,39);1H/t18-,19-,25?;/m1./s1. The lowest BCUT2D eigenvalue weighted by Gasteiger charge is -2.26. The van der Waals surface area contributed by atoms with Crippen molar-refractivity contribution in [3.63, 3.8) is 0 Å². The molecule has 1 saturated heterocycles. The predicted octanol–water partition coefficient (Wildman–Crippen LogP) is 6.32. The number of anilines is 2. The summed E-state index contributed by atoms with van der Waals surface area (Å²) >= 11 is 0. The minimum atomic E-state index is -4.49. The van der Waals surface area contributed by atoms with Crippen LogP contribution in [-0.4, -0.2) is 66.2 Å². The topological polar surface area (TPSA) is 93.2 Å². The maximum atomic E-state index is 13.8. The van der Waals surface area contributed by atoms with Crippen LogP contribution in [0.4, 0.5) is 29.2 Å².